The van der Waals surface area contributed by atoms with Gasteiger partial charge in [-0.2, -0.15) is 13.9 Å². The van der Waals surface area contributed by atoms with E-state index < -0.39 is 36.2 Å². The number of amides is 1. The number of nitrogens with one attached hydrogen (secondary N) is 1. The lowest BCUT2D eigenvalue weighted by Crippen LogP contribution is -2.27. The molecule has 0 fully saturated rings. The number of benzene rings is 1. The molecule has 1 aromatic carbocycles. The number of carbonyl (C=O) groups excluding carboxylic acids is 1. The highest BCUT2D eigenvalue weighted by atomic mass is 35.5. The van der Waals surface area contributed by atoms with Crippen molar-refractivity contribution >= 4 is 23.2 Å². The van der Waals surface area contributed by atoms with E-state index in [0.717, 1.165) is 10.9 Å². The third-order valence-corrected chi connectivity index (χ3v) is 7.82. The predicted molar refractivity (Wildman–Crippen MR) is 155 cm³/mol. The first-order valence-electron chi connectivity index (χ1n) is 13.8. The van der Waals surface area contributed by atoms with Crippen molar-refractivity contribution in [2.45, 2.75) is 45.2 Å². The van der Waals surface area contributed by atoms with Gasteiger partial charge in [0.15, 0.2) is 0 Å². The van der Waals surface area contributed by atoms with Gasteiger partial charge >= 0.3 is 6.55 Å². The van der Waals surface area contributed by atoms with Crippen LogP contribution < -0.4 is 10.9 Å². The Bertz CT molecular complexity index is 1940. The van der Waals surface area contributed by atoms with Crippen LogP contribution in [0.4, 0.5) is 23.2 Å². The summed E-state index contributed by atoms with van der Waals surface area (Å²) in [5, 5.41) is 14.1. The van der Waals surface area contributed by atoms with Gasteiger partial charge in [-0.25, -0.2) is 23.1 Å². The average Bonchev–Trinajstić information content (AvgIpc) is 3.67. The Morgan fingerprint density at radius 1 is 1.04 bits per heavy atom. The molecule has 0 saturated carbocycles. The molecule has 4 aromatic heterocycles. The second-order valence-electron chi connectivity index (χ2n) is 10.5. The van der Waals surface area contributed by atoms with Crippen molar-refractivity contribution in [2.75, 3.05) is 5.32 Å². The van der Waals surface area contributed by atoms with Crippen LogP contribution in [-0.4, -0.2) is 45.2 Å². The van der Waals surface area contributed by atoms with Crippen LogP contribution in [0.15, 0.2) is 66.1 Å². The van der Waals surface area contributed by atoms with E-state index in [9.17, 15) is 27.2 Å². The van der Waals surface area contributed by atoms with Crippen LogP contribution in [0.2, 0.25) is 5.02 Å². The largest absolute Gasteiger partial charge is 0.333 e. The number of rotatable bonds is 5. The summed E-state index contributed by atoms with van der Waals surface area (Å²) in [4.78, 5) is 35.5. The van der Waals surface area contributed by atoms with E-state index in [2.05, 4.69) is 30.7 Å². The van der Waals surface area contributed by atoms with Gasteiger partial charge in [0.2, 0.25) is 5.91 Å². The van der Waals surface area contributed by atoms with Crippen LogP contribution >= 0.6 is 11.6 Å². The van der Waals surface area contributed by atoms with Gasteiger partial charge in [-0.1, -0.05) is 30.2 Å². The molecule has 1 aliphatic heterocycles. The summed E-state index contributed by atoms with van der Waals surface area (Å²) < 4.78 is 57.2. The number of carbonyl (C=O) groups is 1. The Morgan fingerprint density at radius 3 is 2.60 bits per heavy atom. The van der Waals surface area contributed by atoms with Crippen LogP contribution in [0.5, 0.6) is 0 Å². The topological polar surface area (TPSA) is 125 Å². The molecule has 5 aromatic rings. The van der Waals surface area contributed by atoms with Gasteiger partial charge < -0.3 is 5.32 Å². The van der Waals surface area contributed by atoms with Crippen LogP contribution in [0.3, 0.4) is 0 Å². The fraction of sp³-hybridized carbons (Fsp3) is 0.276. The highest BCUT2D eigenvalue weighted by Crippen LogP contribution is 2.35. The molecular weight excluding hydrogens is 618 g/mol. The van der Waals surface area contributed by atoms with E-state index in [1.807, 2.05) is 0 Å². The SMILES string of the molecule is C[C@@H]1CCC[C@H](n2cnc(-c3cc(Cl)ccc3-n3cc(C(F)F)nn3)cc2=O)c2cc(ccn2)-c2c(cnn2C(F)F)NC1=O. The molecule has 2 atom stereocenters. The molecule has 2 bridgehead atoms. The first-order valence-corrected chi connectivity index (χ1v) is 14.2. The number of halogens is 5. The van der Waals surface area contributed by atoms with E-state index in [1.165, 1.54) is 41.5 Å². The number of pyridine rings is 1. The summed E-state index contributed by atoms with van der Waals surface area (Å²) in [6.07, 6.45) is 3.57. The molecule has 16 heteroatoms. The van der Waals surface area contributed by atoms with E-state index in [4.69, 9.17) is 11.6 Å². The van der Waals surface area contributed by atoms with E-state index >= 15 is 0 Å². The summed E-state index contributed by atoms with van der Waals surface area (Å²) in [6, 6.07) is 8.35. The summed E-state index contributed by atoms with van der Waals surface area (Å²) in [5.74, 6) is -0.801. The predicted octanol–water partition coefficient (Wildman–Crippen LogP) is 6.08. The fourth-order valence-electron chi connectivity index (χ4n) is 5.30. The lowest BCUT2D eigenvalue weighted by Gasteiger charge is -2.22. The Kier molecular flexibility index (Phi) is 8.18. The maximum absolute atomic E-state index is 13.9. The van der Waals surface area contributed by atoms with Crippen LogP contribution in [0, 0.1) is 5.92 Å². The molecular formula is C29H24ClF4N9O2. The summed E-state index contributed by atoms with van der Waals surface area (Å²) in [5.41, 5.74) is 0.768. The van der Waals surface area contributed by atoms with Gasteiger partial charge in [0, 0.05) is 34.3 Å². The van der Waals surface area contributed by atoms with Crippen molar-refractivity contribution in [3.63, 3.8) is 0 Å². The first kappa shape index (κ1) is 30.1. The number of aromatic nitrogens is 8. The molecule has 0 aliphatic carbocycles. The zero-order valence-corrected chi connectivity index (χ0v) is 24.2. The van der Waals surface area contributed by atoms with Crippen LogP contribution in [0.1, 0.15) is 56.6 Å². The lowest BCUT2D eigenvalue weighted by molar-refractivity contribution is -0.119. The van der Waals surface area contributed by atoms with Gasteiger partial charge in [0.05, 0.1) is 53.2 Å². The first-order chi connectivity index (χ1) is 21.6. The minimum atomic E-state index is -2.97. The molecule has 0 unspecified atom stereocenters. The maximum Gasteiger partial charge on any atom is 0.333 e. The number of hydrogen-bond donors (Lipinski definition) is 1. The molecule has 0 radical (unpaired) electrons. The zero-order chi connectivity index (χ0) is 31.8. The molecule has 5 heterocycles. The van der Waals surface area contributed by atoms with Crippen molar-refractivity contribution in [2.24, 2.45) is 5.92 Å². The zero-order valence-electron chi connectivity index (χ0n) is 23.5. The Morgan fingerprint density at radius 2 is 1.87 bits per heavy atom. The van der Waals surface area contributed by atoms with Gasteiger partial charge in [-0.05, 0) is 43.2 Å². The molecule has 0 saturated heterocycles. The molecule has 6 rings (SSSR count). The second-order valence-corrected chi connectivity index (χ2v) is 10.9. The molecule has 11 nitrogen and oxygen atoms in total. The second kappa shape index (κ2) is 12.2. The monoisotopic (exact) mass is 641 g/mol. The van der Waals surface area contributed by atoms with Crippen LogP contribution in [0.25, 0.3) is 28.2 Å². The minimum Gasteiger partial charge on any atom is -0.323 e. The molecule has 0 spiro atoms. The van der Waals surface area contributed by atoms with Gasteiger partial charge in [-0.15, -0.1) is 5.10 Å². The van der Waals surface area contributed by atoms with Crippen molar-refractivity contribution in [3.05, 3.63) is 88.1 Å². The highest BCUT2D eigenvalue weighted by molar-refractivity contribution is 6.31. The van der Waals surface area contributed by atoms with Crippen molar-refractivity contribution in [3.8, 4) is 28.2 Å². The number of alkyl halides is 4. The normalized spacial score (nSPS) is 17.1. The van der Waals surface area contributed by atoms with Gasteiger partial charge in [0.25, 0.3) is 12.0 Å². The lowest BCUT2D eigenvalue weighted by atomic mass is 9.97. The van der Waals surface area contributed by atoms with E-state index in [1.54, 1.807) is 25.1 Å². The smallest absolute Gasteiger partial charge is 0.323 e. The van der Waals surface area contributed by atoms with Crippen LogP contribution in [-0.2, 0) is 4.79 Å². The quantitative estimate of drug-likeness (QED) is 0.231. The standard InChI is InChI=1S/C29H24ClF4N9O2/c1-15-3-2-4-24(20-9-16(7-8-35-20)26-21(38-28(15)45)12-37-43(26)29(33)34)41-14-36-19(11-25(41)44)18-10-17(30)5-6-23(18)42-13-22(27(31)32)39-40-42/h5-15,24,27,29H,2-4H2,1H3,(H,38,45)/t15-,24+/m1/s1. The number of fused-ring (bicyclic) bond motifs is 4. The summed E-state index contributed by atoms with van der Waals surface area (Å²) in [7, 11) is 0. The maximum atomic E-state index is 13.9. The van der Waals surface area contributed by atoms with Crippen molar-refractivity contribution in [1.29, 1.82) is 0 Å². The van der Waals surface area contributed by atoms with Gasteiger partial charge in [0.1, 0.15) is 5.69 Å². The van der Waals surface area contributed by atoms with E-state index in [0.29, 0.717) is 51.5 Å². The van der Waals surface area contributed by atoms with E-state index in [-0.39, 0.29) is 23.0 Å². The third kappa shape index (κ3) is 5.94. The number of hydrogen-bond acceptors (Lipinski definition) is 7. The highest BCUT2D eigenvalue weighted by Gasteiger charge is 2.26. The number of anilines is 1. The van der Waals surface area contributed by atoms with Gasteiger partial charge in [-0.3, -0.25) is 19.1 Å². The minimum absolute atomic E-state index is 0.00550. The summed E-state index contributed by atoms with van der Waals surface area (Å²) in [6.45, 7) is -1.24. The molecule has 45 heavy (non-hydrogen) atoms. The Balaban J connectivity index is 1.43. The van der Waals surface area contributed by atoms with Crippen molar-refractivity contribution < 1.29 is 22.4 Å². The fourth-order valence-corrected chi connectivity index (χ4v) is 5.47. The third-order valence-electron chi connectivity index (χ3n) is 7.58. The molecule has 232 valence electrons. The molecule has 1 N–H and O–H groups in total. The Hall–Kier alpha value is -4.92. The average molecular weight is 642 g/mol. The van der Waals surface area contributed by atoms with Crippen molar-refractivity contribution in [1.82, 2.24) is 39.3 Å². The number of nitrogens with zero attached hydrogens (tertiary/aromatic N) is 8. The Labute approximate surface area is 257 Å². The molecule has 1 amide bonds. The summed E-state index contributed by atoms with van der Waals surface area (Å²) >= 11 is 6.24. The molecule has 1 aliphatic rings.